The van der Waals surface area contributed by atoms with Crippen LogP contribution in [0, 0.1) is 0 Å². The van der Waals surface area contributed by atoms with Gasteiger partial charge in [-0.3, -0.25) is 0 Å². The Morgan fingerprint density at radius 3 is 0.909 bits per heavy atom. The fourth-order valence-electron chi connectivity index (χ4n) is 11.8. The predicted octanol–water partition coefficient (Wildman–Crippen LogP) is 13.6. The minimum Gasteiger partial charge on any atom is -0.507 e. The molecule has 0 heterocycles. The van der Waals surface area contributed by atoms with E-state index in [4.69, 9.17) is 0 Å². The minimum absolute atomic E-state index is 0.228. The molecule has 11 aromatic carbocycles. The molecule has 0 saturated carbocycles. The molecule has 0 spiro atoms. The SMILES string of the molecule is C=C(/C=c1/cccc/c1=C/C)C1c2cc(c(O)cc2O)C(c2ccc3ccccc3c2)c2cc(c(O)cc2O)C(c2ccc3ccccc3c2)c2cc(c(O)cc2O)C(c2ccc3ccccc3c2)c2cc1c(O)cc2O. The molecular weight excluding hydrogens is 957 g/mol. The van der Waals surface area contributed by atoms with Crippen LogP contribution in [-0.2, 0) is 0 Å². The molecule has 8 N–H and O–H groups in total. The van der Waals surface area contributed by atoms with Crippen LogP contribution in [-0.4, -0.2) is 40.9 Å². The number of allylic oxidation sites excluding steroid dienone is 1. The summed E-state index contributed by atoms with van der Waals surface area (Å²) in [5.41, 5.74) is 4.44. The predicted molar refractivity (Wildman–Crippen MR) is 305 cm³/mol. The smallest absolute Gasteiger partial charge is 0.123 e. The van der Waals surface area contributed by atoms with Crippen LogP contribution >= 0.6 is 0 Å². The number of phenolic OH excluding ortho intramolecular Hbond substituents is 8. The van der Waals surface area contributed by atoms with E-state index in [-0.39, 0.29) is 90.5 Å². The number of hydrogen-bond donors (Lipinski definition) is 8. The quantitative estimate of drug-likeness (QED) is 0.0845. The summed E-state index contributed by atoms with van der Waals surface area (Å²) in [6, 6.07) is 60.5. The molecule has 0 fully saturated rings. The van der Waals surface area contributed by atoms with E-state index in [1.807, 2.05) is 171 Å². The highest BCUT2D eigenvalue weighted by Gasteiger charge is 2.35. The van der Waals surface area contributed by atoms with Crippen LogP contribution in [0.3, 0.4) is 0 Å². The lowest BCUT2D eigenvalue weighted by atomic mass is 9.74. The van der Waals surface area contributed by atoms with Crippen LogP contribution < -0.4 is 10.4 Å². The highest BCUT2D eigenvalue weighted by molar-refractivity contribution is 5.86. The van der Waals surface area contributed by atoms with Crippen molar-refractivity contribution < 1.29 is 40.9 Å². The maximum absolute atomic E-state index is 12.4. The molecule has 376 valence electrons. The van der Waals surface area contributed by atoms with Gasteiger partial charge in [0.15, 0.2) is 0 Å². The first-order valence-electron chi connectivity index (χ1n) is 25.4. The Morgan fingerprint density at radius 2 is 0.584 bits per heavy atom. The molecule has 0 amide bonds. The van der Waals surface area contributed by atoms with Crippen molar-refractivity contribution in [1.82, 2.24) is 0 Å². The summed E-state index contributed by atoms with van der Waals surface area (Å²) in [4.78, 5) is 0. The highest BCUT2D eigenvalue weighted by atomic mass is 16.3. The highest BCUT2D eigenvalue weighted by Crippen LogP contribution is 2.54. The lowest BCUT2D eigenvalue weighted by molar-refractivity contribution is 0.431. The fourth-order valence-corrected chi connectivity index (χ4v) is 11.8. The molecule has 77 heavy (non-hydrogen) atoms. The van der Waals surface area contributed by atoms with Gasteiger partial charge in [-0.15, -0.1) is 0 Å². The molecule has 0 aliphatic heterocycles. The van der Waals surface area contributed by atoms with Gasteiger partial charge in [-0.1, -0.05) is 170 Å². The van der Waals surface area contributed by atoms with Crippen molar-refractivity contribution in [3.05, 3.63) is 284 Å². The molecule has 11 aromatic rings. The Kier molecular flexibility index (Phi) is 11.9. The lowest BCUT2D eigenvalue weighted by Crippen LogP contribution is -2.24. The van der Waals surface area contributed by atoms with E-state index >= 15 is 0 Å². The van der Waals surface area contributed by atoms with Gasteiger partial charge >= 0.3 is 0 Å². The van der Waals surface area contributed by atoms with E-state index in [9.17, 15) is 40.9 Å². The number of rotatable bonds is 5. The Morgan fingerprint density at radius 1 is 0.312 bits per heavy atom. The van der Waals surface area contributed by atoms with Crippen molar-refractivity contribution in [2.75, 3.05) is 0 Å². The first kappa shape index (κ1) is 48.0. The van der Waals surface area contributed by atoms with E-state index in [1.54, 1.807) is 24.3 Å². The van der Waals surface area contributed by atoms with Crippen LogP contribution in [0.1, 0.15) is 91.8 Å². The van der Waals surface area contributed by atoms with Crippen molar-refractivity contribution >= 4 is 44.5 Å². The molecule has 2 atom stereocenters. The summed E-state index contributed by atoms with van der Waals surface area (Å²) in [7, 11) is 0. The molecule has 1 aliphatic carbocycles. The molecule has 8 bridgehead atoms. The van der Waals surface area contributed by atoms with Crippen molar-refractivity contribution in [3.63, 3.8) is 0 Å². The number of benzene rings is 11. The van der Waals surface area contributed by atoms with Crippen molar-refractivity contribution in [2.24, 2.45) is 0 Å². The maximum atomic E-state index is 12.4. The summed E-state index contributed by atoms with van der Waals surface area (Å²) in [5, 5.41) is 106. The van der Waals surface area contributed by atoms with Gasteiger partial charge in [-0.05, 0) is 96.2 Å². The van der Waals surface area contributed by atoms with E-state index in [1.165, 1.54) is 24.3 Å². The normalized spacial score (nSPS) is 16.7. The Bertz CT molecular complexity index is 4150. The average molecular weight is 1010 g/mol. The van der Waals surface area contributed by atoms with E-state index in [0.717, 1.165) is 42.8 Å². The molecule has 2 unspecified atom stereocenters. The third kappa shape index (κ3) is 8.46. The Balaban J connectivity index is 1.25. The second kappa shape index (κ2) is 19.1. The third-order valence-electron chi connectivity index (χ3n) is 15.5. The number of aromatic hydroxyl groups is 8. The van der Waals surface area contributed by atoms with E-state index in [2.05, 4.69) is 6.58 Å². The van der Waals surface area contributed by atoms with Gasteiger partial charge in [0.1, 0.15) is 46.0 Å². The molecule has 8 heteroatoms. The van der Waals surface area contributed by atoms with Gasteiger partial charge < -0.3 is 40.9 Å². The molecule has 0 saturated heterocycles. The van der Waals surface area contributed by atoms with Crippen LogP contribution in [0.5, 0.6) is 46.0 Å². The number of phenols is 8. The van der Waals surface area contributed by atoms with E-state index < -0.39 is 23.7 Å². The maximum Gasteiger partial charge on any atom is 0.123 e. The van der Waals surface area contributed by atoms with Crippen molar-refractivity contribution in [1.29, 1.82) is 0 Å². The summed E-state index contributed by atoms with van der Waals surface area (Å²) in [6.45, 7) is 6.55. The summed E-state index contributed by atoms with van der Waals surface area (Å²) < 4.78 is 0. The summed E-state index contributed by atoms with van der Waals surface area (Å²) in [6.07, 6.45) is 3.84. The van der Waals surface area contributed by atoms with Crippen molar-refractivity contribution in [2.45, 2.75) is 30.6 Å². The van der Waals surface area contributed by atoms with Crippen LogP contribution in [0.15, 0.2) is 212 Å². The van der Waals surface area contributed by atoms with Crippen LogP contribution in [0.25, 0.3) is 44.5 Å². The molecule has 0 aromatic heterocycles. The largest absolute Gasteiger partial charge is 0.507 e. The second-order valence-corrected chi connectivity index (χ2v) is 20.1. The molecule has 12 rings (SSSR count). The zero-order valence-corrected chi connectivity index (χ0v) is 41.8. The van der Waals surface area contributed by atoms with Gasteiger partial charge in [0.05, 0.1) is 0 Å². The third-order valence-corrected chi connectivity index (χ3v) is 15.5. The van der Waals surface area contributed by atoms with Crippen LogP contribution in [0.4, 0.5) is 0 Å². The molecule has 1 aliphatic rings. The zero-order valence-electron chi connectivity index (χ0n) is 41.8. The topological polar surface area (TPSA) is 162 Å². The van der Waals surface area contributed by atoms with Gasteiger partial charge in [0.25, 0.3) is 0 Å². The fraction of sp³-hybridized carbons (Fsp3) is 0.0725. The minimum atomic E-state index is -1.08. The van der Waals surface area contributed by atoms with Gasteiger partial charge in [0.2, 0.25) is 0 Å². The van der Waals surface area contributed by atoms with Gasteiger partial charge in [-0.25, -0.2) is 0 Å². The standard InChI is InChI=1S/C69H52O8/c1-3-39-12-4-8-16-43(39)26-38(2)66-50-30-52(60(72)34-58(50)70)67(47-23-20-40-13-5-9-17-44(40)27-47)54-32-56(64(76)36-62(54)74)69(49-25-22-42-15-7-11-19-46(42)29-49)57-33-55(63(75)37-65(57)77)68(53-31-51(66)59(71)35-61(53)73)48-24-21-41-14-6-10-18-45(41)28-48/h3-37,66-77H,2H2,1H3/b39-3-,43-26-. The first-order valence-corrected chi connectivity index (χ1v) is 25.4. The summed E-state index contributed by atoms with van der Waals surface area (Å²) >= 11 is 0. The molecule has 0 radical (unpaired) electrons. The summed E-state index contributed by atoms with van der Waals surface area (Å²) in [5.74, 6) is -6.52. The molecular formula is C69H52O8. The van der Waals surface area contributed by atoms with Gasteiger partial charge in [0, 0.05) is 92.4 Å². The van der Waals surface area contributed by atoms with Gasteiger partial charge in [-0.2, -0.15) is 0 Å². The first-order chi connectivity index (χ1) is 37.3. The van der Waals surface area contributed by atoms with Crippen molar-refractivity contribution in [3.8, 4) is 46.0 Å². The second-order valence-electron chi connectivity index (χ2n) is 20.1. The lowest BCUT2D eigenvalue weighted by Gasteiger charge is -2.30. The average Bonchev–Trinajstić information content (AvgIpc) is 3.48. The monoisotopic (exact) mass is 1010 g/mol. The number of hydrogen-bond acceptors (Lipinski definition) is 8. The van der Waals surface area contributed by atoms with Crippen LogP contribution in [0.2, 0.25) is 0 Å². The Hall–Kier alpha value is -9.92. The zero-order chi connectivity index (χ0) is 53.2. The Labute approximate surface area is 443 Å². The van der Waals surface area contributed by atoms with E-state index in [0.29, 0.717) is 22.3 Å². The number of fused-ring (bicyclic) bond motifs is 11. The molecule has 8 nitrogen and oxygen atoms in total.